The van der Waals surface area contributed by atoms with Crippen molar-refractivity contribution in [3.05, 3.63) is 42.1 Å². The molecule has 0 spiro atoms. The Morgan fingerprint density at radius 2 is 2.19 bits per heavy atom. The van der Waals surface area contributed by atoms with E-state index in [1.807, 2.05) is 49.0 Å². The Hall–Kier alpha value is -3.01. The van der Waals surface area contributed by atoms with Gasteiger partial charge in [-0.3, -0.25) is 4.68 Å². The minimum atomic E-state index is -0.583. The minimum absolute atomic E-state index is 0.202. The first kappa shape index (κ1) is 22.2. The molecule has 1 aromatic carbocycles. The fraction of sp³-hybridized carbons (Fsp3) is 0.435. The Kier molecular flexibility index (Phi) is 6.99. The summed E-state index contributed by atoms with van der Waals surface area (Å²) >= 11 is 0. The number of aliphatic hydroxyl groups is 1. The van der Waals surface area contributed by atoms with E-state index in [0.717, 1.165) is 41.4 Å². The second-order valence-corrected chi connectivity index (χ2v) is 7.96. The van der Waals surface area contributed by atoms with Crippen LogP contribution in [0.5, 0.6) is 5.75 Å². The Morgan fingerprint density at radius 3 is 2.91 bits per heavy atom. The summed E-state index contributed by atoms with van der Waals surface area (Å²) in [6.45, 7) is 4.11. The molecule has 9 heteroatoms. The summed E-state index contributed by atoms with van der Waals surface area (Å²) in [4.78, 5) is 9.74. The summed E-state index contributed by atoms with van der Waals surface area (Å²) in [5, 5.41) is 20.7. The molecular weight excluding hydrogens is 408 g/mol. The van der Waals surface area contributed by atoms with Gasteiger partial charge in [-0.05, 0) is 38.6 Å². The number of aryl methyl sites for hydroxylation is 1. The second kappa shape index (κ2) is 10.1. The maximum atomic E-state index is 9.93. The van der Waals surface area contributed by atoms with E-state index in [4.69, 9.17) is 19.4 Å². The van der Waals surface area contributed by atoms with E-state index in [0.29, 0.717) is 24.7 Å². The van der Waals surface area contributed by atoms with Crippen molar-refractivity contribution in [1.82, 2.24) is 25.1 Å². The van der Waals surface area contributed by atoms with E-state index in [1.165, 1.54) is 0 Å². The van der Waals surface area contributed by atoms with Crippen molar-refractivity contribution in [1.29, 1.82) is 0 Å². The predicted octanol–water partition coefficient (Wildman–Crippen LogP) is 2.01. The maximum Gasteiger partial charge on any atom is 0.162 e. The van der Waals surface area contributed by atoms with Crippen LogP contribution in [0.15, 0.2) is 36.5 Å². The molecule has 1 saturated heterocycles. The molecule has 2 unspecified atom stereocenters. The Balaban J connectivity index is 1.68. The number of likely N-dealkylation sites (N-methyl/N-ethyl adjacent to an activating group) is 1. The fourth-order valence-electron chi connectivity index (χ4n) is 3.70. The molecule has 3 N–H and O–H groups in total. The second-order valence-electron chi connectivity index (χ2n) is 7.96. The zero-order valence-electron chi connectivity index (χ0n) is 18.7. The monoisotopic (exact) mass is 438 g/mol. The molecule has 0 aliphatic carbocycles. The molecule has 2 atom stereocenters. The van der Waals surface area contributed by atoms with Gasteiger partial charge in [0.2, 0.25) is 0 Å². The van der Waals surface area contributed by atoms with Crippen molar-refractivity contribution in [2.45, 2.75) is 25.5 Å². The molecular formula is C23H30N6O3. The number of nitrogens with zero attached hydrogens (tertiary/aromatic N) is 4. The van der Waals surface area contributed by atoms with E-state index in [2.05, 4.69) is 15.7 Å². The van der Waals surface area contributed by atoms with Crippen LogP contribution in [0.3, 0.4) is 0 Å². The topological polar surface area (TPSA) is 106 Å². The standard InChI is InChI=1S/C23H30N6O3/c1-15-21(20-7-9-25-29(20)3)27-23(28-22(15)26-17-8-10-31-13-17)16-5-4-6-19(11-16)32-14-18(30)12-24-2/h4-7,9,11,17-18,24,30H,8,10,12-14H2,1-3H3,(H,26,27,28). The zero-order chi connectivity index (χ0) is 22.5. The number of aromatic nitrogens is 4. The molecule has 170 valence electrons. The molecule has 0 amide bonds. The number of hydrogen-bond acceptors (Lipinski definition) is 8. The molecule has 1 aliphatic heterocycles. The Labute approximate surface area is 187 Å². The number of aliphatic hydroxyl groups excluding tert-OH is 1. The molecule has 0 radical (unpaired) electrons. The Morgan fingerprint density at radius 1 is 1.31 bits per heavy atom. The van der Waals surface area contributed by atoms with Gasteiger partial charge in [-0.15, -0.1) is 0 Å². The quantitative estimate of drug-likeness (QED) is 0.466. The van der Waals surface area contributed by atoms with Gasteiger partial charge in [-0.2, -0.15) is 5.10 Å². The van der Waals surface area contributed by atoms with Gasteiger partial charge in [0.15, 0.2) is 5.82 Å². The third-order valence-electron chi connectivity index (χ3n) is 5.45. The third-order valence-corrected chi connectivity index (χ3v) is 5.45. The highest BCUT2D eigenvalue weighted by molar-refractivity contribution is 5.70. The first-order valence-corrected chi connectivity index (χ1v) is 10.8. The number of hydrogen-bond donors (Lipinski definition) is 3. The first-order valence-electron chi connectivity index (χ1n) is 10.8. The largest absolute Gasteiger partial charge is 0.491 e. The van der Waals surface area contributed by atoms with Crippen LogP contribution >= 0.6 is 0 Å². The number of rotatable bonds is 9. The van der Waals surface area contributed by atoms with E-state index in [-0.39, 0.29) is 12.6 Å². The molecule has 0 bridgehead atoms. The molecule has 32 heavy (non-hydrogen) atoms. The van der Waals surface area contributed by atoms with Crippen molar-refractivity contribution in [3.8, 4) is 28.5 Å². The zero-order valence-corrected chi connectivity index (χ0v) is 18.7. The van der Waals surface area contributed by atoms with E-state index in [1.54, 1.807) is 13.2 Å². The lowest BCUT2D eigenvalue weighted by atomic mass is 10.1. The summed E-state index contributed by atoms with van der Waals surface area (Å²) in [7, 11) is 3.70. The van der Waals surface area contributed by atoms with Crippen molar-refractivity contribution in [3.63, 3.8) is 0 Å². The highest BCUT2D eigenvalue weighted by atomic mass is 16.5. The van der Waals surface area contributed by atoms with Crippen LogP contribution in [-0.4, -0.2) is 70.4 Å². The summed E-state index contributed by atoms with van der Waals surface area (Å²) in [6, 6.07) is 9.79. The number of benzene rings is 1. The SMILES string of the molecule is CNCC(O)COc1cccc(-c2nc(NC3CCOC3)c(C)c(-c3ccnn3C)n2)c1. The van der Waals surface area contributed by atoms with Crippen LogP contribution in [-0.2, 0) is 11.8 Å². The van der Waals surface area contributed by atoms with Gasteiger partial charge in [0.05, 0.1) is 24.0 Å². The van der Waals surface area contributed by atoms with Gasteiger partial charge in [0, 0.05) is 37.5 Å². The Bertz CT molecular complexity index is 1050. The van der Waals surface area contributed by atoms with Gasteiger partial charge in [-0.1, -0.05) is 12.1 Å². The van der Waals surface area contributed by atoms with E-state index >= 15 is 0 Å². The molecule has 2 aromatic heterocycles. The smallest absolute Gasteiger partial charge is 0.162 e. The minimum Gasteiger partial charge on any atom is -0.491 e. The van der Waals surface area contributed by atoms with Crippen LogP contribution < -0.4 is 15.4 Å². The number of ether oxygens (including phenoxy) is 2. The molecule has 0 saturated carbocycles. The van der Waals surface area contributed by atoms with Crippen LogP contribution in [0, 0.1) is 6.92 Å². The molecule has 4 rings (SSSR count). The van der Waals surface area contributed by atoms with Crippen molar-refractivity contribution < 1.29 is 14.6 Å². The first-order chi connectivity index (χ1) is 15.5. The average Bonchev–Trinajstić information content (AvgIpc) is 3.46. The van der Waals surface area contributed by atoms with Gasteiger partial charge in [0.1, 0.15) is 24.3 Å². The van der Waals surface area contributed by atoms with E-state index in [9.17, 15) is 5.11 Å². The van der Waals surface area contributed by atoms with Crippen LogP contribution in [0.1, 0.15) is 12.0 Å². The molecule has 3 aromatic rings. The van der Waals surface area contributed by atoms with Crippen LogP contribution in [0.2, 0.25) is 0 Å². The number of anilines is 1. The molecule has 9 nitrogen and oxygen atoms in total. The fourth-order valence-corrected chi connectivity index (χ4v) is 3.70. The normalized spacial score (nSPS) is 16.8. The van der Waals surface area contributed by atoms with E-state index < -0.39 is 6.10 Å². The molecule has 1 aliphatic rings. The van der Waals surface area contributed by atoms with Crippen molar-refractivity contribution in [2.75, 3.05) is 38.7 Å². The van der Waals surface area contributed by atoms with Gasteiger partial charge >= 0.3 is 0 Å². The lowest BCUT2D eigenvalue weighted by Crippen LogP contribution is -2.29. The molecule has 3 heterocycles. The summed E-state index contributed by atoms with van der Waals surface area (Å²) in [5.74, 6) is 2.04. The van der Waals surface area contributed by atoms with Crippen LogP contribution in [0.25, 0.3) is 22.8 Å². The van der Waals surface area contributed by atoms with Crippen LogP contribution in [0.4, 0.5) is 5.82 Å². The highest BCUT2D eigenvalue weighted by Gasteiger charge is 2.21. The lowest BCUT2D eigenvalue weighted by molar-refractivity contribution is 0.108. The van der Waals surface area contributed by atoms with Gasteiger partial charge < -0.3 is 25.2 Å². The molecule has 1 fully saturated rings. The van der Waals surface area contributed by atoms with Gasteiger partial charge in [0.25, 0.3) is 0 Å². The van der Waals surface area contributed by atoms with Crippen molar-refractivity contribution >= 4 is 5.82 Å². The van der Waals surface area contributed by atoms with Gasteiger partial charge in [-0.25, -0.2) is 9.97 Å². The lowest BCUT2D eigenvalue weighted by Gasteiger charge is -2.18. The summed E-state index contributed by atoms with van der Waals surface area (Å²) in [5.41, 5.74) is 3.54. The highest BCUT2D eigenvalue weighted by Crippen LogP contribution is 2.30. The summed E-state index contributed by atoms with van der Waals surface area (Å²) in [6.07, 6.45) is 2.12. The third kappa shape index (κ3) is 5.07. The summed E-state index contributed by atoms with van der Waals surface area (Å²) < 4.78 is 13.1. The predicted molar refractivity (Wildman–Crippen MR) is 123 cm³/mol. The maximum absolute atomic E-state index is 9.93. The average molecular weight is 439 g/mol. The number of nitrogens with one attached hydrogen (secondary N) is 2. The van der Waals surface area contributed by atoms with Crippen molar-refractivity contribution in [2.24, 2.45) is 7.05 Å².